The first-order valence-electron chi connectivity index (χ1n) is 10.6. The smallest absolute Gasteiger partial charge is 0.364 e. The average molecular weight is 454 g/mol. The van der Waals surface area contributed by atoms with E-state index < -0.39 is 11.9 Å². The van der Waals surface area contributed by atoms with Gasteiger partial charge in [0.2, 0.25) is 0 Å². The molecule has 1 unspecified atom stereocenters. The Hall–Kier alpha value is -3.76. The molecule has 1 saturated heterocycles. The van der Waals surface area contributed by atoms with Gasteiger partial charge in [0.15, 0.2) is 17.0 Å². The molecule has 170 valence electrons. The molecule has 1 aliphatic heterocycles. The first kappa shape index (κ1) is 21.1. The van der Waals surface area contributed by atoms with Gasteiger partial charge in [-0.3, -0.25) is 4.98 Å². The fourth-order valence-electron chi connectivity index (χ4n) is 4.08. The number of aromatic nitrogens is 6. The maximum absolute atomic E-state index is 12.9. The van der Waals surface area contributed by atoms with Gasteiger partial charge >= 0.3 is 6.18 Å². The summed E-state index contributed by atoms with van der Waals surface area (Å²) in [6.07, 6.45) is 0.860. The lowest BCUT2D eigenvalue weighted by molar-refractivity contribution is -0.141. The van der Waals surface area contributed by atoms with Crippen LogP contribution in [0.1, 0.15) is 19.0 Å². The van der Waals surface area contributed by atoms with E-state index in [1.54, 1.807) is 6.20 Å². The molecule has 8 nitrogen and oxygen atoms in total. The number of fused-ring (bicyclic) bond motifs is 1. The van der Waals surface area contributed by atoms with E-state index in [-0.39, 0.29) is 6.04 Å². The van der Waals surface area contributed by atoms with Gasteiger partial charge in [0.05, 0.1) is 0 Å². The van der Waals surface area contributed by atoms with Crippen molar-refractivity contribution in [2.24, 2.45) is 0 Å². The lowest BCUT2D eigenvalue weighted by Crippen LogP contribution is -2.27. The summed E-state index contributed by atoms with van der Waals surface area (Å²) in [5, 5.41) is 3.47. The lowest BCUT2D eigenvalue weighted by Gasteiger charge is -2.18. The molecule has 1 fully saturated rings. The molecule has 0 saturated carbocycles. The van der Waals surface area contributed by atoms with Crippen LogP contribution >= 0.6 is 0 Å². The van der Waals surface area contributed by atoms with Crippen molar-refractivity contribution in [2.75, 3.05) is 23.3 Å². The molecule has 33 heavy (non-hydrogen) atoms. The molecular formula is C22H21F3N8. The highest BCUT2D eigenvalue weighted by atomic mass is 19.4. The second kappa shape index (κ2) is 8.30. The molecule has 5 rings (SSSR count). The summed E-state index contributed by atoms with van der Waals surface area (Å²) in [7, 11) is 0. The Labute approximate surface area is 187 Å². The number of rotatable bonds is 5. The predicted octanol–water partition coefficient (Wildman–Crippen LogP) is 4.01. The van der Waals surface area contributed by atoms with Crippen LogP contribution in [0.3, 0.4) is 0 Å². The van der Waals surface area contributed by atoms with Crippen LogP contribution in [0.5, 0.6) is 0 Å². The van der Waals surface area contributed by atoms with E-state index in [2.05, 4.69) is 30.2 Å². The summed E-state index contributed by atoms with van der Waals surface area (Å²) in [4.78, 5) is 23.7. The van der Waals surface area contributed by atoms with Crippen molar-refractivity contribution in [2.45, 2.75) is 32.1 Å². The van der Waals surface area contributed by atoms with E-state index in [0.29, 0.717) is 34.9 Å². The maximum atomic E-state index is 12.9. The fraction of sp³-hybridized carbons (Fsp3) is 0.318. The Morgan fingerprint density at radius 1 is 1.09 bits per heavy atom. The number of imidazole rings is 1. The maximum Gasteiger partial charge on any atom is 0.433 e. The van der Waals surface area contributed by atoms with E-state index in [0.717, 1.165) is 31.4 Å². The number of anilines is 2. The summed E-state index contributed by atoms with van der Waals surface area (Å²) in [6, 6.07) is 8.33. The minimum Gasteiger partial charge on any atom is -0.364 e. The van der Waals surface area contributed by atoms with E-state index >= 15 is 0 Å². The van der Waals surface area contributed by atoms with Gasteiger partial charge in [0, 0.05) is 43.6 Å². The number of aryl methyl sites for hydroxylation is 1. The average Bonchev–Trinajstić information content (AvgIpc) is 3.44. The molecule has 5 heterocycles. The molecule has 1 atom stereocenters. The highest BCUT2D eigenvalue weighted by Crippen LogP contribution is 2.31. The Morgan fingerprint density at radius 3 is 2.67 bits per heavy atom. The monoisotopic (exact) mass is 454 g/mol. The number of halogens is 3. The molecule has 1 N–H and O–H groups in total. The standard InChI is InChI=1S/C22H21F3N8/c1-2-33-20(14-6-7-16(27-11-14)22(23,24)25)31-18-19(28-13-29-21(18)33)30-15-8-10-32(12-15)17-5-3-4-9-26-17/h3-7,9,11,13,15H,2,8,10,12H2,1H3,(H,28,29,30). The highest BCUT2D eigenvalue weighted by Gasteiger charge is 2.32. The van der Waals surface area contributed by atoms with E-state index in [4.69, 9.17) is 4.98 Å². The second-order valence-electron chi connectivity index (χ2n) is 7.77. The quantitative estimate of drug-likeness (QED) is 0.488. The predicted molar refractivity (Wildman–Crippen MR) is 118 cm³/mol. The Kier molecular flexibility index (Phi) is 5.31. The van der Waals surface area contributed by atoms with Gasteiger partial charge in [-0.05, 0) is 37.6 Å². The zero-order valence-electron chi connectivity index (χ0n) is 17.8. The van der Waals surface area contributed by atoms with Crippen LogP contribution in [0.15, 0.2) is 49.1 Å². The van der Waals surface area contributed by atoms with Crippen molar-refractivity contribution in [3.05, 3.63) is 54.7 Å². The number of hydrogen-bond donors (Lipinski definition) is 1. The third-order valence-corrected chi connectivity index (χ3v) is 5.66. The van der Waals surface area contributed by atoms with Crippen LogP contribution in [0.25, 0.3) is 22.6 Å². The molecule has 0 aliphatic carbocycles. The zero-order valence-corrected chi connectivity index (χ0v) is 17.8. The largest absolute Gasteiger partial charge is 0.433 e. The molecule has 1 aliphatic rings. The molecule has 0 spiro atoms. The SMILES string of the molecule is CCn1c(-c2ccc(C(F)(F)F)nc2)nc2c(NC3CCN(c4ccccn4)C3)ncnc21. The Balaban J connectivity index is 1.44. The van der Waals surface area contributed by atoms with Crippen molar-refractivity contribution in [3.8, 4) is 11.4 Å². The van der Waals surface area contributed by atoms with Gasteiger partial charge in [-0.15, -0.1) is 0 Å². The van der Waals surface area contributed by atoms with E-state index in [1.165, 1.54) is 18.6 Å². The van der Waals surface area contributed by atoms with Crippen molar-refractivity contribution in [3.63, 3.8) is 0 Å². The van der Waals surface area contributed by atoms with Crippen LogP contribution in [0.4, 0.5) is 24.8 Å². The first-order chi connectivity index (χ1) is 15.9. The van der Waals surface area contributed by atoms with Gasteiger partial charge in [-0.1, -0.05) is 6.07 Å². The van der Waals surface area contributed by atoms with Gasteiger partial charge in [-0.2, -0.15) is 13.2 Å². The van der Waals surface area contributed by atoms with Crippen molar-refractivity contribution in [1.82, 2.24) is 29.5 Å². The number of pyridine rings is 2. The third-order valence-electron chi connectivity index (χ3n) is 5.66. The van der Waals surface area contributed by atoms with E-state index in [1.807, 2.05) is 29.7 Å². The van der Waals surface area contributed by atoms with Crippen LogP contribution in [0.2, 0.25) is 0 Å². The van der Waals surface area contributed by atoms with Gasteiger partial charge in [0.25, 0.3) is 0 Å². The molecule has 0 radical (unpaired) electrons. The van der Waals surface area contributed by atoms with Crippen LogP contribution in [-0.2, 0) is 12.7 Å². The van der Waals surface area contributed by atoms with E-state index in [9.17, 15) is 13.2 Å². The normalized spacial score (nSPS) is 16.5. The first-order valence-corrected chi connectivity index (χ1v) is 10.6. The summed E-state index contributed by atoms with van der Waals surface area (Å²) < 4.78 is 40.5. The third kappa shape index (κ3) is 4.06. The second-order valence-corrected chi connectivity index (χ2v) is 7.77. The van der Waals surface area contributed by atoms with Gasteiger partial charge in [0.1, 0.15) is 23.7 Å². The molecule has 11 heteroatoms. The number of hydrogen-bond acceptors (Lipinski definition) is 7. The molecule has 4 aromatic heterocycles. The van der Waals surface area contributed by atoms with Gasteiger partial charge < -0.3 is 14.8 Å². The number of alkyl halides is 3. The molecule has 0 amide bonds. The van der Waals surface area contributed by atoms with Crippen LogP contribution in [-0.4, -0.2) is 48.6 Å². The summed E-state index contributed by atoms with van der Waals surface area (Å²) in [5.74, 6) is 2.03. The van der Waals surface area contributed by atoms with Crippen molar-refractivity contribution in [1.29, 1.82) is 0 Å². The Bertz CT molecular complexity index is 1250. The molecule has 0 bridgehead atoms. The molecule has 0 aromatic carbocycles. The number of nitrogens with zero attached hydrogens (tertiary/aromatic N) is 7. The zero-order chi connectivity index (χ0) is 23.0. The van der Waals surface area contributed by atoms with Gasteiger partial charge in [-0.25, -0.2) is 19.9 Å². The summed E-state index contributed by atoms with van der Waals surface area (Å²) >= 11 is 0. The minimum atomic E-state index is -4.49. The van der Waals surface area contributed by atoms with Crippen LogP contribution < -0.4 is 10.2 Å². The Morgan fingerprint density at radius 2 is 1.97 bits per heavy atom. The van der Waals surface area contributed by atoms with Crippen molar-refractivity contribution < 1.29 is 13.2 Å². The van der Waals surface area contributed by atoms with Crippen molar-refractivity contribution >= 4 is 22.8 Å². The lowest BCUT2D eigenvalue weighted by atomic mass is 10.2. The molecular weight excluding hydrogens is 433 g/mol. The summed E-state index contributed by atoms with van der Waals surface area (Å²) in [6.45, 7) is 4.11. The minimum absolute atomic E-state index is 0.146. The molecule has 4 aromatic rings. The topological polar surface area (TPSA) is 84.7 Å². The number of nitrogens with one attached hydrogen (secondary N) is 1. The fourth-order valence-corrected chi connectivity index (χ4v) is 4.08. The van der Waals surface area contributed by atoms with Crippen LogP contribution in [0, 0.1) is 0 Å². The summed E-state index contributed by atoms with van der Waals surface area (Å²) in [5.41, 5.74) is 0.734. The highest BCUT2D eigenvalue weighted by molar-refractivity contribution is 5.86.